The first-order valence-corrected chi connectivity index (χ1v) is 6.30. The summed E-state index contributed by atoms with van der Waals surface area (Å²) in [6, 6.07) is 6.89. The van der Waals surface area contributed by atoms with Gasteiger partial charge in [0.05, 0.1) is 5.56 Å². The Hall–Kier alpha value is -2.67. The average Bonchev–Trinajstić information content (AvgIpc) is 3.10. The second kappa shape index (κ2) is 5.37. The highest BCUT2D eigenvalue weighted by molar-refractivity contribution is 5.94. The number of ether oxygens (including phenoxy) is 3. The number of benzene rings is 1. The summed E-state index contributed by atoms with van der Waals surface area (Å²) in [5.74, 6) is 7.68. The number of amides is 1. The van der Waals surface area contributed by atoms with E-state index in [1.54, 1.807) is 31.2 Å². The highest BCUT2D eigenvalue weighted by Gasteiger charge is 2.16. The van der Waals surface area contributed by atoms with Crippen molar-refractivity contribution in [1.29, 1.82) is 0 Å². The van der Waals surface area contributed by atoms with Gasteiger partial charge < -0.3 is 18.6 Å². The maximum Gasteiger partial charge on any atom is 0.268 e. The quantitative estimate of drug-likeness (QED) is 0.503. The van der Waals surface area contributed by atoms with Gasteiger partial charge in [-0.15, -0.1) is 0 Å². The van der Waals surface area contributed by atoms with E-state index in [-0.39, 0.29) is 13.4 Å². The molecule has 0 aliphatic carbocycles. The maximum atomic E-state index is 11.5. The van der Waals surface area contributed by atoms with E-state index in [1.165, 1.54) is 0 Å². The summed E-state index contributed by atoms with van der Waals surface area (Å²) in [4.78, 5) is 11.5. The van der Waals surface area contributed by atoms with E-state index in [2.05, 4.69) is 5.43 Å². The number of nitrogens with one attached hydrogen (secondary N) is 1. The Morgan fingerprint density at radius 2 is 2.14 bits per heavy atom. The van der Waals surface area contributed by atoms with Crippen LogP contribution in [0.2, 0.25) is 0 Å². The molecule has 3 rings (SSSR count). The van der Waals surface area contributed by atoms with Crippen molar-refractivity contribution in [2.75, 3.05) is 6.79 Å². The molecule has 1 aromatic heterocycles. The number of nitrogen functional groups attached to an aromatic ring is 1. The zero-order chi connectivity index (χ0) is 14.8. The zero-order valence-corrected chi connectivity index (χ0v) is 11.3. The number of carbonyl (C=O) groups excluding carboxylic acids is 1. The van der Waals surface area contributed by atoms with Gasteiger partial charge >= 0.3 is 0 Å². The Bertz CT molecular complexity index is 680. The fraction of sp³-hybridized carbons (Fsp3) is 0.214. The molecule has 1 aliphatic heterocycles. The summed E-state index contributed by atoms with van der Waals surface area (Å²) < 4.78 is 21.6. The van der Waals surface area contributed by atoms with Crippen molar-refractivity contribution in [2.24, 2.45) is 5.84 Å². The van der Waals surface area contributed by atoms with Crippen LogP contribution >= 0.6 is 0 Å². The van der Waals surface area contributed by atoms with Crippen LogP contribution in [0, 0.1) is 6.92 Å². The van der Waals surface area contributed by atoms with Crippen molar-refractivity contribution >= 4 is 5.91 Å². The van der Waals surface area contributed by atoms with Crippen LogP contribution in [0.4, 0.5) is 0 Å². The first-order chi connectivity index (χ1) is 10.2. The Labute approximate surface area is 120 Å². The maximum absolute atomic E-state index is 11.5. The Kier molecular flexibility index (Phi) is 3.41. The lowest BCUT2D eigenvalue weighted by atomic mass is 10.2. The number of furan rings is 1. The third-order valence-corrected chi connectivity index (χ3v) is 3.07. The molecule has 21 heavy (non-hydrogen) atoms. The largest absolute Gasteiger partial charge is 0.486 e. The van der Waals surface area contributed by atoms with E-state index < -0.39 is 5.91 Å². The van der Waals surface area contributed by atoms with Gasteiger partial charge in [0.1, 0.15) is 23.9 Å². The lowest BCUT2D eigenvalue weighted by Gasteiger charge is -2.04. The fourth-order valence-corrected chi connectivity index (χ4v) is 2.04. The van der Waals surface area contributed by atoms with Crippen molar-refractivity contribution in [3.8, 4) is 17.2 Å². The summed E-state index contributed by atoms with van der Waals surface area (Å²) >= 11 is 0. The third kappa shape index (κ3) is 2.63. The molecule has 0 atom stereocenters. The molecule has 3 N–H and O–H groups in total. The van der Waals surface area contributed by atoms with Crippen LogP contribution < -0.4 is 25.5 Å². The SMILES string of the molecule is Cc1oc(COc2ccc3c(c2)OCO3)cc1C(=O)NN. The number of fused-ring (bicyclic) bond motifs is 1. The molecule has 0 fully saturated rings. The Balaban J connectivity index is 1.69. The van der Waals surface area contributed by atoms with Crippen LogP contribution in [0.5, 0.6) is 17.2 Å². The lowest BCUT2D eigenvalue weighted by molar-refractivity contribution is 0.0952. The van der Waals surface area contributed by atoms with Gasteiger partial charge in [-0.2, -0.15) is 0 Å². The van der Waals surface area contributed by atoms with Crippen molar-refractivity contribution in [2.45, 2.75) is 13.5 Å². The normalized spacial score (nSPS) is 12.3. The predicted molar refractivity (Wildman–Crippen MR) is 72.0 cm³/mol. The summed E-state index contributed by atoms with van der Waals surface area (Å²) in [6.07, 6.45) is 0. The fourth-order valence-electron chi connectivity index (χ4n) is 2.04. The summed E-state index contributed by atoms with van der Waals surface area (Å²) in [6.45, 7) is 2.10. The highest BCUT2D eigenvalue weighted by Crippen LogP contribution is 2.35. The minimum atomic E-state index is -0.398. The van der Waals surface area contributed by atoms with Gasteiger partial charge in [-0.25, -0.2) is 5.84 Å². The van der Waals surface area contributed by atoms with E-state index in [0.29, 0.717) is 34.3 Å². The van der Waals surface area contributed by atoms with Gasteiger partial charge in [-0.1, -0.05) is 0 Å². The second-order valence-corrected chi connectivity index (χ2v) is 4.46. The number of hydrazine groups is 1. The summed E-state index contributed by atoms with van der Waals surface area (Å²) in [5, 5.41) is 0. The standard InChI is InChI=1S/C14H14N2O5/c1-8-11(14(17)16-15)4-10(21-8)6-18-9-2-3-12-13(5-9)20-7-19-12/h2-5H,6-7,15H2,1H3,(H,16,17). The number of aryl methyl sites for hydroxylation is 1. The molecule has 110 valence electrons. The molecule has 0 radical (unpaired) electrons. The number of nitrogens with two attached hydrogens (primary N) is 1. The molecule has 0 saturated carbocycles. The van der Waals surface area contributed by atoms with Crippen LogP contribution in [-0.2, 0) is 6.61 Å². The van der Waals surface area contributed by atoms with Crippen molar-refractivity contribution in [3.05, 3.63) is 41.3 Å². The van der Waals surface area contributed by atoms with Crippen LogP contribution in [0.3, 0.4) is 0 Å². The van der Waals surface area contributed by atoms with Gasteiger partial charge in [0.15, 0.2) is 11.5 Å². The van der Waals surface area contributed by atoms with E-state index in [0.717, 1.165) is 0 Å². The van der Waals surface area contributed by atoms with Gasteiger partial charge in [0, 0.05) is 6.07 Å². The van der Waals surface area contributed by atoms with Crippen LogP contribution in [0.1, 0.15) is 21.9 Å². The van der Waals surface area contributed by atoms with Gasteiger partial charge in [-0.3, -0.25) is 10.2 Å². The van der Waals surface area contributed by atoms with E-state index in [4.69, 9.17) is 24.5 Å². The number of hydrogen-bond donors (Lipinski definition) is 2. The summed E-state index contributed by atoms with van der Waals surface area (Å²) in [7, 11) is 0. The van der Waals surface area contributed by atoms with E-state index in [9.17, 15) is 4.79 Å². The highest BCUT2D eigenvalue weighted by atomic mass is 16.7. The molecule has 2 aromatic rings. The number of hydrogen-bond acceptors (Lipinski definition) is 6. The molecule has 0 saturated heterocycles. The molecule has 2 heterocycles. The monoisotopic (exact) mass is 290 g/mol. The van der Waals surface area contributed by atoms with E-state index >= 15 is 0 Å². The van der Waals surface area contributed by atoms with E-state index in [1.807, 2.05) is 0 Å². The van der Waals surface area contributed by atoms with Gasteiger partial charge in [0.25, 0.3) is 5.91 Å². The predicted octanol–water partition coefficient (Wildman–Crippen LogP) is 1.50. The Morgan fingerprint density at radius 3 is 2.95 bits per heavy atom. The van der Waals surface area contributed by atoms with Crippen molar-refractivity contribution in [1.82, 2.24) is 5.43 Å². The topological polar surface area (TPSA) is 95.9 Å². The summed E-state index contributed by atoms with van der Waals surface area (Å²) in [5.41, 5.74) is 2.46. The molecular formula is C14H14N2O5. The van der Waals surface area contributed by atoms with Crippen LogP contribution in [-0.4, -0.2) is 12.7 Å². The molecule has 1 aliphatic rings. The lowest BCUT2D eigenvalue weighted by Crippen LogP contribution is -2.30. The molecule has 0 bridgehead atoms. The molecule has 1 aromatic carbocycles. The van der Waals surface area contributed by atoms with Gasteiger partial charge in [0.2, 0.25) is 6.79 Å². The van der Waals surface area contributed by atoms with Crippen LogP contribution in [0.25, 0.3) is 0 Å². The molecular weight excluding hydrogens is 276 g/mol. The molecule has 7 heteroatoms. The minimum absolute atomic E-state index is 0.193. The Morgan fingerprint density at radius 1 is 1.33 bits per heavy atom. The van der Waals surface area contributed by atoms with Gasteiger partial charge in [-0.05, 0) is 25.1 Å². The molecule has 0 unspecified atom stereocenters. The molecule has 1 amide bonds. The van der Waals surface area contributed by atoms with Crippen LogP contribution in [0.15, 0.2) is 28.7 Å². The first-order valence-electron chi connectivity index (χ1n) is 6.30. The first kappa shape index (κ1) is 13.3. The number of rotatable bonds is 4. The van der Waals surface area contributed by atoms with Crippen molar-refractivity contribution < 1.29 is 23.4 Å². The number of carbonyl (C=O) groups is 1. The minimum Gasteiger partial charge on any atom is -0.486 e. The van der Waals surface area contributed by atoms with Crippen molar-refractivity contribution in [3.63, 3.8) is 0 Å². The molecule has 7 nitrogen and oxygen atoms in total. The zero-order valence-electron chi connectivity index (χ0n) is 11.3. The smallest absolute Gasteiger partial charge is 0.268 e. The third-order valence-electron chi connectivity index (χ3n) is 3.07. The average molecular weight is 290 g/mol. The second-order valence-electron chi connectivity index (χ2n) is 4.46. The molecule has 0 spiro atoms.